The number of rotatable bonds is 6. The predicted octanol–water partition coefficient (Wildman–Crippen LogP) is 0.894. The minimum Gasteiger partial charge on any atom is -0.368 e. The van der Waals surface area contributed by atoms with Crippen LogP contribution in [-0.4, -0.2) is 42.0 Å². The molecule has 5 atom stereocenters. The zero-order chi connectivity index (χ0) is 26.7. The van der Waals surface area contributed by atoms with Crippen LogP contribution in [0.1, 0.15) is 23.1 Å². The summed E-state index contributed by atoms with van der Waals surface area (Å²) in [6, 6.07) is 23.5. The lowest BCUT2D eigenvalue weighted by Crippen LogP contribution is -2.59. The van der Waals surface area contributed by atoms with Crippen molar-refractivity contribution in [1.82, 2.24) is 16.0 Å². The van der Waals surface area contributed by atoms with E-state index >= 15 is 0 Å². The molecule has 0 aromatic heterocycles. The third-order valence-corrected chi connectivity index (χ3v) is 7.30. The van der Waals surface area contributed by atoms with Crippen LogP contribution in [0.4, 0.5) is 5.69 Å². The Bertz CT molecular complexity index is 1280. The van der Waals surface area contributed by atoms with E-state index in [1.54, 1.807) is 0 Å². The van der Waals surface area contributed by atoms with Crippen LogP contribution in [0.5, 0.6) is 0 Å². The van der Waals surface area contributed by atoms with Gasteiger partial charge >= 0.3 is 0 Å². The molecule has 3 aromatic carbocycles. The van der Waals surface area contributed by atoms with E-state index in [1.807, 2.05) is 84.9 Å². The normalized spacial score (nSPS) is 27.1. The molecule has 9 nitrogen and oxygen atoms in total. The number of nitrogens with two attached hydrogens (primary N) is 2. The minimum absolute atomic E-state index is 0.0417. The Hall–Kier alpha value is -4.21. The lowest BCUT2D eigenvalue weighted by atomic mass is 9.84. The molecule has 9 heteroatoms. The summed E-state index contributed by atoms with van der Waals surface area (Å²) in [6.45, 7) is 0. The van der Waals surface area contributed by atoms with Gasteiger partial charge in [-0.2, -0.15) is 0 Å². The van der Waals surface area contributed by atoms with E-state index in [-0.39, 0.29) is 19.3 Å². The van der Waals surface area contributed by atoms with E-state index < -0.39 is 47.6 Å². The van der Waals surface area contributed by atoms with E-state index in [2.05, 4.69) is 21.3 Å². The van der Waals surface area contributed by atoms with Gasteiger partial charge in [-0.3, -0.25) is 14.4 Å². The molecule has 0 bridgehead atoms. The number of benzene rings is 3. The van der Waals surface area contributed by atoms with Gasteiger partial charge in [-0.05, 0) is 22.8 Å². The van der Waals surface area contributed by atoms with Crippen molar-refractivity contribution in [2.75, 3.05) is 5.32 Å². The number of fused-ring (bicyclic) bond motifs is 1. The Labute approximate surface area is 221 Å². The first kappa shape index (κ1) is 25.4. The van der Waals surface area contributed by atoms with Crippen molar-refractivity contribution in [1.29, 1.82) is 0 Å². The highest BCUT2D eigenvalue weighted by Crippen LogP contribution is 2.38. The van der Waals surface area contributed by atoms with Gasteiger partial charge in [0, 0.05) is 24.9 Å². The average Bonchev–Trinajstić information content (AvgIpc) is 3.18. The monoisotopic (exact) mass is 512 g/mol. The van der Waals surface area contributed by atoms with Gasteiger partial charge in [-0.1, -0.05) is 78.9 Å². The molecule has 0 aliphatic carbocycles. The number of nitrogens with one attached hydrogen (secondary N) is 4. The fourth-order valence-electron chi connectivity index (χ4n) is 5.20. The quantitative estimate of drug-likeness (QED) is 0.289. The lowest BCUT2D eigenvalue weighted by Gasteiger charge is -2.33. The SMILES string of the molecule is N[C@H]1Nc2ccccc2[C@]1(N)C[C@@H]1NC(=O)[C@H](Cc2ccccc2)NC(=O)[C@@H](Cc2ccccc2)NC1=O. The van der Waals surface area contributed by atoms with Crippen molar-refractivity contribution >= 4 is 23.4 Å². The number of amides is 3. The summed E-state index contributed by atoms with van der Waals surface area (Å²) in [5.74, 6) is -1.37. The maximum atomic E-state index is 13.6. The highest BCUT2D eigenvalue weighted by molar-refractivity contribution is 5.97. The van der Waals surface area contributed by atoms with E-state index in [4.69, 9.17) is 11.5 Å². The van der Waals surface area contributed by atoms with E-state index in [1.165, 1.54) is 0 Å². The lowest BCUT2D eigenvalue weighted by molar-refractivity contribution is -0.130. The van der Waals surface area contributed by atoms with Gasteiger partial charge in [0.05, 0.1) is 11.7 Å². The first-order chi connectivity index (χ1) is 18.3. The van der Waals surface area contributed by atoms with E-state index in [0.29, 0.717) is 0 Å². The second-order valence-electron chi connectivity index (χ2n) is 9.98. The largest absolute Gasteiger partial charge is 0.368 e. The molecule has 38 heavy (non-hydrogen) atoms. The van der Waals surface area contributed by atoms with Crippen LogP contribution in [0.3, 0.4) is 0 Å². The molecule has 0 radical (unpaired) electrons. The van der Waals surface area contributed by atoms with Gasteiger partial charge in [0.2, 0.25) is 17.7 Å². The third kappa shape index (κ3) is 5.25. The van der Waals surface area contributed by atoms with E-state index in [9.17, 15) is 14.4 Å². The van der Waals surface area contributed by atoms with Crippen molar-refractivity contribution in [2.24, 2.45) is 11.5 Å². The molecule has 1 saturated heterocycles. The molecular formula is C29H32N6O3. The summed E-state index contributed by atoms with van der Waals surface area (Å²) in [6.07, 6.45) is -0.0818. The molecule has 3 aromatic rings. The summed E-state index contributed by atoms with van der Waals surface area (Å²) < 4.78 is 0. The van der Waals surface area contributed by atoms with Crippen LogP contribution in [-0.2, 0) is 32.8 Å². The van der Waals surface area contributed by atoms with Crippen molar-refractivity contribution in [3.63, 3.8) is 0 Å². The molecule has 5 rings (SSSR count). The Kier molecular flexibility index (Phi) is 7.13. The maximum absolute atomic E-state index is 13.6. The second kappa shape index (κ2) is 10.6. The summed E-state index contributed by atoms with van der Waals surface area (Å²) in [5, 5.41) is 11.8. The molecule has 0 saturated carbocycles. The third-order valence-electron chi connectivity index (χ3n) is 7.30. The number of hydrogen-bond acceptors (Lipinski definition) is 6. The van der Waals surface area contributed by atoms with Crippen LogP contribution in [0.15, 0.2) is 84.9 Å². The molecule has 196 valence electrons. The average molecular weight is 513 g/mol. The number of carbonyl (C=O) groups excluding carboxylic acids is 3. The molecule has 2 aliphatic rings. The van der Waals surface area contributed by atoms with Crippen LogP contribution < -0.4 is 32.7 Å². The molecule has 0 spiro atoms. The van der Waals surface area contributed by atoms with Crippen LogP contribution in [0.2, 0.25) is 0 Å². The fourth-order valence-corrected chi connectivity index (χ4v) is 5.20. The summed E-state index contributed by atoms with van der Waals surface area (Å²) in [4.78, 5) is 40.5. The van der Waals surface area contributed by atoms with Crippen molar-refractivity contribution in [2.45, 2.75) is 49.1 Å². The summed E-state index contributed by atoms with van der Waals surface area (Å²) in [7, 11) is 0. The van der Waals surface area contributed by atoms with Gasteiger partial charge in [0.15, 0.2) is 0 Å². The second-order valence-corrected chi connectivity index (χ2v) is 9.98. The molecule has 1 fully saturated rings. The Morgan fingerprint density at radius 2 is 1.05 bits per heavy atom. The van der Waals surface area contributed by atoms with E-state index in [0.717, 1.165) is 22.4 Å². The number of hydrogen-bond donors (Lipinski definition) is 6. The van der Waals surface area contributed by atoms with Gasteiger partial charge in [0.1, 0.15) is 18.1 Å². The number of para-hydroxylation sites is 1. The van der Waals surface area contributed by atoms with Crippen LogP contribution in [0.25, 0.3) is 0 Å². The molecule has 2 aliphatic heterocycles. The van der Waals surface area contributed by atoms with Gasteiger partial charge in [0.25, 0.3) is 0 Å². The molecule has 2 heterocycles. The zero-order valence-corrected chi connectivity index (χ0v) is 20.9. The molecule has 3 amide bonds. The Morgan fingerprint density at radius 3 is 1.61 bits per heavy atom. The fraction of sp³-hybridized carbons (Fsp3) is 0.276. The van der Waals surface area contributed by atoms with Gasteiger partial charge < -0.3 is 32.7 Å². The Balaban J connectivity index is 1.46. The standard InChI is InChI=1S/C29H32N6O3/c30-28-29(31,20-13-7-8-14-21(20)35-28)17-24-27(38)33-22(15-18-9-3-1-4-10-18)25(36)32-23(26(37)34-24)16-19-11-5-2-6-12-19/h1-14,22-24,28,35H,15-17,30-31H2,(H,32,36)(H,33,38)(H,34,37)/t22-,23+,24+,28+,29-/m1/s1. The zero-order valence-electron chi connectivity index (χ0n) is 20.9. The predicted molar refractivity (Wildman–Crippen MR) is 145 cm³/mol. The van der Waals surface area contributed by atoms with Crippen molar-refractivity contribution in [3.8, 4) is 0 Å². The minimum atomic E-state index is -1.12. The summed E-state index contributed by atoms with van der Waals surface area (Å²) >= 11 is 0. The topological polar surface area (TPSA) is 151 Å². The summed E-state index contributed by atoms with van der Waals surface area (Å²) in [5.41, 5.74) is 15.4. The molecular weight excluding hydrogens is 480 g/mol. The smallest absolute Gasteiger partial charge is 0.243 e. The maximum Gasteiger partial charge on any atom is 0.243 e. The van der Waals surface area contributed by atoms with Crippen LogP contribution >= 0.6 is 0 Å². The molecule has 0 unspecified atom stereocenters. The Morgan fingerprint density at radius 1 is 0.605 bits per heavy atom. The van der Waals surface area contributed by atoms with Crippen molar-refractivity contribution < 1.29 is 14.4 Å². The van der Waals surface area contributed by atoms with Gasteiger partial charge in [-0.15, -0.1) is 0 Å². The molecule has 8 N–H and O–H groups in total. The van der Waals surface area contributed by atoms with Gasteiger partial charge in [-0.25, -0.2) is 0 Å². The van der Waals surface area contributed by atoms with Crippen molar-refractivity contribution in [3.05, 3.63) is 102 Å². The van der Waals surface area contributed by atoms with Crippen LogP contribution in [0, 0.1) is 0 Å². The first-order valence-electron chi connectivity index (χ1n) is 12.7. The highest BCUT2D eigenvalue weighted by Gasteiger charge is 2.46. The first-order valence-corrected chi connectivity index (χ1v) is 12.7. The highest BCUT2D eigenvalue weighted by atomic mass is 16.2. The number of carbonyl (C=O) groups is 3. The number of anilines is 1.